The van der Waals surface area contributed by atoms with Gasteiger partial charge in [0.25, 0.3) is 0 Å². The molecular formula is C12H16ClFN2O2S. The van der Waals surface area contributed by atoms with Crippen LogP contribution in [-0.4, -0.2) is 38.9 Å². The van der Waals surface area contributed by atoms with E-state index in [4.69, 9.17) is 11.6 Å². The third kappa shape index (κ3) is 2.91. The topological polar surface area (TPSA) is 49.4 Å². The second-order valence-electron chi connectivity index (χ2n) is 4.54. The zero-order chi connectivity index (χ0) is 14.0. The van der Waals surface area contributed by atoms with Crippen LogP contribution in [0.1, 0.15) is 12.8 Å². The molecule has 0 amide bonds. The van der Waals surface area contributed by atoms with E-state index < -0.39 is 15.8 Å². The van der Waals surface area contributed by atoms with E-state index in [1.54, 1.807) is 7.05 Å². The van der Waals surface area contributed by atoms with Gasteiger partial charge in [0.1, 0.15) is 10.7 Å². The quantitative estimate of drug-likeness (QED) is 0.923. The molecule has 7 heteroatoms. The fraction of sp³-hybridized carbons (Fsp3) is 0.500. The number of hydrogen-bond donors (Lipinski definition) is 1. The standard InChI is InChI=1S/C12H16ClFN2O2S/c1-15-8-10-3-2-6-16(10)19(17,18)12-5-4-9(14)7-11(12)13/h4-5,7,10,15H,2-3,6,8H2,1H3. The van der Waals surface area contributed by atoms with Crippen LogP contribution in [0.3, 0.4) is 0 Å². The van der Waals surface area contributed by atoms with Crippen molar-refractivity contribution >= 4 is 21.6 Å². The maximum Gasteiger partial charge on any atom is 0.244 e. The van der Waals surface area contributed by atoms with Crippen LogP contribution in [-0.2, 0) is 10.0 Å². The van der Waals surface area contributed by atoms with Crippen LogP contribution in [0.4, 0.5) is 4.39 Å². The van der Waals surface area contributed by atoms with Crippen molar-refractivity contribution in [3.8, 4) is 0 Å². The highest BCUT2D eigenvalue weighted by Gasteiger charge is 2.35. The van der Waals surface area contributed by atoms with Crippen molar-refractivity contribution in [1.29, 1.82) is 0 Å². The summed E-state index contributed by atoms with van der Waals surface area (Å²) in [6.07, 6.45) is 1.64. The molecule has 1 aromatic carbocycles. The molecule has 1 atom stereocenters. The minimum atomic E-state index is -3.66. The minimum Gasteiger partial charge on any atom is -0.318 e. The van der Waals surface area contributed by atoms with Gasteiger partial charge >= 0.3 is 0 Å². The lowest BCUT2D eigenvalue weighted by Crippen LogP contribution is -2.40. The monoisotopic (exact) mass is 306 g/mol. The van der Waals surface area contributed by atoms with Gasteiger partial charge in [-0.05, 0) is 38.1 Å². The van der Waals surface area contributed by atoms with Crippen molar-refractivity contribution in [1.82, 2.24) is 9.62 Å². The lowest BCUT2D eigenvalue weighted by Gasteiger charge is -2.24. The Morgan fingerprint density at radius 1 is 1.53 bits per heavy atom. The predicted molar refractivity (Wildman–Crippen MR) is 72.3 cm³/mol. The molecule has 0 aromatic heterocycles. The molecular weight excluding hydrogens is 291 g/mol. The Bertz CT molecular complexity index is 565. The van der Waals surface area contributed by atoms with E-state index in [-0.39, 0.29) is 16.0 Å². The summed E-state index contributed by atoms with van der Waals surface area (Å²) in [4.78, 5) is -0.0291. The van der Waals surface area contributed by atoms with Gasteiger partial charge in [-0.15, -0.1) is 0 Å². The Hall–Kier alpha value is -0.690. The smallest absolute Gasteiger partial charge is 0.244 e. The van der Waals surface area contributed by atoms with Crippen LogP contribution in [0.2, 0.25) is 5.02 Å². The minimum absolute atomic E-state index is 0.0291. The molecule has 1 N–H and O–H groups in total. The van der Waals surface area contributed by atoms with Crippen molar-refractivity contribution in [3.05, 3.63) is 29.0 Å². The number of benzene rings is 1. The van der Waals surface area contributed by atoms with E-state index in [9.17, 15) is 12.8 Å². The van der Waals surface area contributed by atoms with Crippen molar-refractivity contribution in [2.75, 3.05) is 20.1 Å². The maximum atomic E-state index is 13.0. The summed E-state index contributed by atoms with van der Waals surface area (Å²) in [5.74, 6) is -0.544. The summed E-state index contributed by atoms with van der Waals surface area (Å²) in [7, 11) is -1.88. The van der Waals surface area contributed by atoms with Gasteiger partial charge in [0, 0.05) is 19.1 Å². The summed E-state index contributed by atoms with van der Waals surface area (Å²) < 4.78 is 39.5. The highest BCUT2D eigenvalue weighted by atomic mass is 35.5. The number of sulfonamides is 1. The molecule has 0 aliphatic carbocycles. The summed E-state index contributed by atoms with van der Waals surface area (Å²) in [5, 5.41) is 2.91. The van der Waals surface area contributed by atoms with Crippen molar-refractivity contribution in [3.63, 3.8) is 0 Å². The average Bonchev–Trinajstić information content (AvgIpc) is 2.78. The van der Waals surface area contributed by atoms with E-state index in [2.05, 4.69) is 5.32 Å². The van der Waals surface area contributed by atoms with E-state index in [1.807, 2.05) is 0 Å². The highest BCUT2D eigenvalue weighted by molar-refractivity contribution is 7.89. The van der Waals surface area contributed by atoms with Gasteiger partial charge in [0.15, 0.2) is 0 Å². The van der Waals surface area contributed by atoms with Crippen LogP contribution in [0.25, 0.3) is 0 Å². The van der Waals surface area contributed by atoms with E-state index in [0.717, 1.165) is 25.0 Å². The maximum absolute atomic E-state index is 13.0. The number of hydrogen-bond acceptors (Lipinski definition) is 3. The largest absolute Gasteiger partial charge is 0.318 e. The Kier molecular flexibility index (Phi) is 4.45. The Morgan fingerprint density at radius 2 is 2.26 bits per heavy atom. The molecule has 0 spiro atoms. The zero-order valence-electron chi connectivity index (χ0n) is 10.6. The fourth-order valence-corrected chi connectivity index (χ4v) is 4.58. The second-order valence-corrected chi connectivity index (χ2v) is 6.81. The van der Waals surface area contributed by atoms with Crippen LogP contribution >= 0.6 is 11.6 Å². The molecule has 1 fully saturated rings. The first-order chi connectivity index (χ1) is 8.96. The molecule has 1 saturated heterocycles. The first-order valence-electron chi connectivity index (χ1n) is 6.08. The lowest BCUT2D eigenvalue weighted by molar-refractivity contribution is 0.379. The van der Waals surface area contributed by atoms with Gasteiger partial charge < -0.3 is 5.32 Å². The SMILES string of the molecule is CNCC1CCCN1S(=O)(=O)c1ccc(F)cc1Cl. The zero-order valence-corrected chi connectivity index (χ0v) is 12.1. The van der Waals surface area contributed by atoms with Gasteiger partial charge in [-0.25, -0.2) is 12.8 Å². The average molecular weight is 307 g/mol. The van der Waals surface area contributed by atoms with E-state index >= 15 is 0 Å². The lowest BCUT2D eigenvalue weighted by atomic mass is 10.2. The number of nitrogens with one attached hydrogen (secondary N) is 1. The summed E-state index contributed by atoms with van der Waals surface area (Å²) in [5.41, 5.74) is 0. The number of rotatable bonds is 4. The normalized spacial score (nSPS) is 20.9. The van der Waals surface area contributed by atoms with Gasteiger partial charge in [-0.2, -0.15) is 4.31 Å². The molecule has 4 nitrogen and oxygen atoms in total. The molecule has 1 aliphatic rings. The van der Waals surface area contributed by atoms with Crippen LogP contribution in [0, 0.1) is 5.82 Å². The molecule has 1 aromatic rings. The third-order valence-corrected chi connectivity index (χ3v) is 5.68. The van der Waals surface area contributed by atoms with Crippen LogP contribution in [0.15, 0.2) is 23.1 Å². The molecule has 0 saturated carbocycles. The molecule has 106 valence electrons. The predicted octanol–water partition coefficient (Wildman–Crippen LogP) is 1.85. The van der Waals surface area contributed by atoms with Crippen molar-refractivity contribution in [2.45, 2.75) is 23.8 Å². The van der Waals surface area contributed by atoms with Gasteiger partial charge in [-0.3, -0.25) is 0 Å². The summed E-state index contributed by atoms with van der Waals surface area (Å²) in [6, 6.07) is 3.29. The number of nitrogens with zero attached hydrogens (tertiary/aromatic N) is 1. The third-order valence-electron chi connectivity index (χ3n) is 3.24. The van der Waals surface area contributed by atoms with Crippen molar-refractivity contribution < 1.29 is 12.8 Å². The molecule has 0 radical (unpaired) electrons. The summed E-state index contributed by atoms with van der Waals surface area (Å²) in [6.45, 7) is 1.07. The highest BCUT2D eigenvalue weighted by Crippen LogP contribution is 2.30. The van der Waals surface area contributed by atoms with Gasteiger partial charge in [0.2, 0.25) is 10.0 Å². The van der Waals surface area contributed by atoms with E-state index in [0.29, 0.717) is 13.1 Å². The van der Waals surface area contributed by atoms with Gasteiger partial charge in [-0.1, -0.05) is 11.6 Å². The molecule has 19 heavy (non-hydrogen) atoms. The number of likely N-dealkylation sites (N-methyl/N-ethyl adjacent to an activating group) is 1. The second kappa shape index (κ2) is 5.75. The molecule has 1 aliphatic heterocycles. The molecule has 1 unspecified atom stereocenters. The fourth-order valence-electron chi connectivity index (χ4n) is 2.38. The first kappa shape index (κ1) is 14.7. The van der Waals surface area contributed by atoms with Crippen molar-refractivity contribution in [2.24, 2.45) is 0 Å². The van der Waals surface area contributed by atoms with Crippen LogP contribution < -0.4 is 5.32 Å². The Balaban J connectivity index is 2.36. The Morgan fingerprint density at radius 3 is 2.89 bits per heavy atom. The van der Waals surface area contributed by atoms with E-state index in [1.165, 1.54) is 10.4 Å². The Labute approximate surface area is 117 Å². The number of halogens is 2. The molecule has 0 bridgehead atoms. The molecule has 2 rings (SSSR count). The first-order valence-corrected chi connectivity index (χ1v) is 7.90. The van der Waals surface area contributed by atoms with Gasteiger partial charge in [0.05, 0.1) is 5.02 Å². The van der Waals surface area contributed by atoms with Crippen LogP contribution in [0.5, 0.6) is 0 Å². The molecule has 1 heterocycles. The summed E-state index contributed by atoms with van der Waals surface area (Å²) >= 11 is 5.86.